The van der Waals surface area contributed by atoms with E-state index in [0.717, 1.165) is 11.1 Å². The second-order valence-electron chi connectivity index (χ2n) is 3.45. The van der Waals surface area contributed by atoms with Gasteiger partial charge >= 0.3 is 0 Å². The molecule has 3 heteroatoms. The summed E-state index contributed by atoms with van der Waals surface area (Å²) in [7, 11) is 1.48. The Morgan fingerprint density at radius 3 is 2.64 bits per heavy atom. The van der Waals surface area contributed by atoms with Crippen molar-refractivity contribution in [2.75, 3.05) is 13.7 Å². The molecule has 0 aromatic heterocycles. The van der Waals surface area contributed by atoms with Gasteiger partial charge < -0.3 is 10.5 Å². The van der Waals surface area contributed by atoms with Crippen molar-refractivity contribution in [3.05, 3.63) is 29.1 Å². The quantitative estimate of drug-likeness (QED) is 0.806. The van der Waals surface area contributed by atoms with E-state index >= 15 is 0 Å². The summed E-state index contributed by atoms with van der Waals surface area (Å²) in [5.41, 5.74) is 7.45. The Balaban J connectivity index is 3.29. The summed E-state index contributed by atoms with van der Waals surface area (Å²) in [5.74, 6) is 0.108. The highest BCUT2D eigenvalue weighted by Gasteiger charge is 2.16. The van der Waals surface area contributed by atoms with Gasteiger partial charge in [0.2, 0.25) is 0 Å². The fourth-order valence-corrected chi connectivity index (χ4v) is 1.61. The molecule has 0 radical (unpaired) electrons. The van der Waals surface area contributed by atoms with Gasteiger partial charge in [-0.25, -0.2) is 4.39 Å². The Labute approximate surface area is 83.9 Å². The van der Waals surface area contributed by atoms with E-state index in [2.05, 4.69) is 0 Å². The average molecular weight is 197 g/mol. The molecule has 0 aliphatic carbocycles. The molecule has 0 bridgehead atoms. The van der Waals surface area contributed by atoms with Crippen LogP contribution in [0.25, 0.3) is 0 Å². The molecule has 14 heavy (non-hydrogen) atoms. The van der Waals surface area contributed by atoms with Gasteiger partial charge in [-0.1, -0.05) is 13.0 Å². The predicted octanol–water partition coefficient (Wildman–Crippen LogP) is 2.20. The number of hydrogen-bond acceptors (Lipinski definition) is 2. The predicted molar refractivity (Wildman–Crippen MR) is 55.2 cm³/mol. The Hall–Kier alpha value is -1.09. The van der Waals surface area contributed by atoms with Crippen molar-refractivity contribution in [2.45, 2.75) is 19.8 Å². The van der Waals surface area contributed by atoms with Crippen LogP contribution in [0, 0.1) is 12.7 Å². The van der Waals surface area contributed by atoms with E-state index in [1.54, 1.807) is 6.07 Å². The van der Waals surface area contributed by atoms with E-state index in [4.69, 9.17) is 10.5 Å². The topological polar surface area (TPSA) is 35.2 Å². The molecule has 0 saturated carbocycles. The molecule has 0 fully saturated rings. The number of benzene rings is 1. The van der Waals surface area contributed by atoms with Crippen LogP contribution >= 0.6 is 0 Å². The molecule has 0 amide bonds. The number of methoxy groups -OCH3 is 1. The van der Waals surface area contributed by atoms with Crippen molar-refractivity contribution >= 4 is 0 Å². The van der Waals surface area contributed by atoms with Crippen LogP contribution in [0.3, 0.4) is 0 Å². The zero-order chi connectivity index (χ0) is 10.7. The minimum atomic E-state index is -0.326. The molecule has 1 rings (SSSR count). The summed E-state index contributed by atoms with van der Waals surface area (Å²) in [4.78, 5) is 0. The van der Waals surface area contributed by atoms with Crippen molar-refractivity contribution in [2.24, 2.45) is 5.73 Å². The summed E-state index contributed by atoms with van der Waals surface area (Å²) in [6, 6.07) is 3.17. The molecule has 2 nitrogen and oxygen atoms in total. The number of rotatable bonds is 3. The summed E-state index contributed by atoms with van der Waals surface area (Å²) in [6.45, 7) is 4.38. The number of nitrogens with two attached hydrogens (primary N) is 1. The molecule has 2 N–H and O–H groups in total. The monoisotopic (exact) mass is 197 g/mol. The highest BCUT2D eigenvalue weighted by Crippen LogP contribution is 2.31. The molecule has 0 saturated heterocycles. The van der Waals surface area contributed by atoms with Gasteiger partial charge in [-0.3, -0.25) is 0 Å². The fourth-order valence-electron chi connectivity index (χ4n) is 1.61. The largest absolute Gasteiger partial charge is 0.493 e. The van der Waals surface area contributed by atoms with Crippen LogP contribution in [0.4, 0.5) is 4.39 Å². The first-order valence-corrected chi connectivity index (χ1v) is 4.64. The highest BCUT2D eigenvalue weighted by molar-refractivity contribution is 5.43. The Kier molecular flexibility index (Phi) is 3.47. The summed E-state index contributed by atoms with van der Waals surface area (Å²) in [5, 5.41) is 0. The van der Waals surface area contributed by atoms with Gasteiger partial charge in [-0.05, 0) is 31.0 Å². The van der Waals surface area contributed by atoms with E-state index in [1.165, 1.54) is 13.2 Å². The van der Waals surface area contributed by atoms with E-state index < -0.39 is 0 Å². The molecule has 1 unspecified atom stereocenters. The smallest absolute Gasteiger partial charge is 0.165 e. The van der Waals surface area contributed by atoms with Crippen molar-refractivity contribution in [3.8, 4) is 5.75 Å². The lowest BCUT2D eigenvalue weighted by molar-refractivity contribution is 0.378. The first-order valence-electron chi connectivity index (χ1n) is 4.64. The molecular weight excluding hydrogens is 181 g/mol. The van der Waals surface area contributed by atoms with Crippen LogP contribution in [0.2, 0.25) is 0 Å². The van der Waals surface area contributed by atoms with Gasteiger partial charge in [0.1, 0.15) is 0 Å². The molecule has 0 spiro atoms. The number of hydrogen-bond donors (Lipinski definition) is 1. The highest BCUT2D eigenvalue weighted by atomic mass is 19.1. The maximum atomic E-state index is 13.4. The number of ether oxygens (including phenoxy) is 1. The van der Waals surface area contributed by atoms with Gasteiger partial charge in [0.15, 0.2) is 11.6 Å². The average Bonchev–Trinajstić information content (AvgIpc) is 2.19. The lowest BCUT2D eigenvalue weighted by Crippen LogP contribution is -2.12. The minimum absolute atomic E-state index is 0.112. The molecule has 0 aliphatic heterocycles. The standard InChI is InChI=1S/C11H16FNO/c1-7-4-5-9(12)11(14-3)10(7)8(2)6-13/h4-5,8H,6,13H2,1-3H3. The fraction of sp³-hybridized carbons (Fsp3) is 0.455. The Bertz CT molecular complexity index is 325. The van der Waals surface area contributed by atoms with Crippen molar-refractivity contribution < 1.29 is 9.13 Å². The zero-order valence-corrected chi connectivity index (χ0v) is 8.80. The van der Waals surface area contributed by atoms with Gasteiger partial charge in [0, 0.05) is 5.56 Å². The maximum Gasteiger partial charge on any atom is 0.165 e. The van der Waals surface area contributed by atoms with Crippen molar-refractivity contribution in [1.29, 1.82) is 0 Å². The van der Waals surface area contributed by atoms with Gasteiger partial charge in [0.05, 0.1) is 7.11 Å². The zero-order valence-electron chi connectivity index (χ0n) is 8.80. The maximum absolute atomic E-state index is 13.4. The third-order valence-corrected chi connectivity index (χ3v) is 2.42. The lowest BCUT2D eigenvalue weighted by atomic mass is 9.95. The summed E-state index contributed by atoms with van der Waals surface area (Å²) >= 11 is 0. The molecular formula is C11H16FNO. The third-order valence-electron chi connectivity index (χ3n) is 2.42. The van der Waals surface area contributed by atoms with Crippen LogP contribution < -0.4 is 10.5 Å². The van der Waals surface area contributed by atoms with Crippen molar-refractivity contribution in [1.82, 2.24) is 0 Å². The molecule has 1 aromatic carbocycles. The van der Waals surface area contributed by atoms with Crippen LogP contribution in [0.15, 0.2) is 12.1 Å². The second-order valence-corrected chi connectivity index (χ2v) is 3.45. The molecule has 1 aromatic rings. The second kappa shape index (κ2) is 4.42. The Morgan fingerprint density at radius 1 is 1.50 bits per heavy atom. The van der Waals surface area contributed by atoms with Crippen LogP contribution in [0.5, 0.6) is 5.75 Å². The normalized spacial score (nSPS) is 12.6. The molecule has 1 atom stereocenters. The van der Waals surface area contributed by atoms with Gasteiger partial charge in [0.25, 0.3) is 0 Å². The van der Waals surface area contributed by atoms with Crippen LogP contribution in [-0.2, 0) is 0 Å². The third kappa shape index (κ3) is 1.87. The van der Waals surface area contributed by atoms with E-state index in [0.29, 0.717) is 12.3 Å². The molecule has 0 aliphatic rings. The minimum Gasteiger partial charge on any atom is -0.493 e. The SMILES string of the molecule is COc1c(F)ccc(C)c1C(C)CN. The summed E-state index contributed by atoms with van der Waals surface area (Å²) in [6.07, 6.45) is 0. The van der Waals surface area contributed by atoms with E-state index in [1.807, 2.05) is 13.8 Å². The molecule has 0 heterocycles. The first kappa shape index (κ1) is 11.0. The number of aryl methyl sites for hydroxylation is 1. The number of halogens is 1. The van der Waals surface area contributed by atoms with Crippen LogP contribution in [-0.4, -0.2) is 13.7 Å². The van der Waals surface area contributed by atoms with E-state index in [-0.39, 0.29) is 11.7 Å². The van der Waals surface area contributed by atoms with Crippen molar-refractivity contribution in [3.63, 3.8) is 0 Å². The Morgan fingerprint density at radius 2 is 2.14 bits per heavy atom. The summed E-state index contributed by atoms with van der Waals surface area (Å²) < 4.78 is 18.4. The molecule has 78 valence electrons. The lowest BCUT2D eigenvalue weighted by Gasteiger charge is -2.17. The van der Waals surface area contributed by atoms with Gasteiger partial charge in [-0.2, -0.15) is 0 Å². The van der Waals surface area contributed by atoms with Gasteiger partial charge in [-0.15, -0.1) is 0 Å². The first-order chi connectivity index (χ1) is 6.61. The van der Waals surface area contributed by atoms with E-state index in [9.17, 15) is 4.39 Å². The van der Waals surface area contributed by atoms with Crippen LogP contribution in [0.1, 0.15) is 24.0 Å².